The van der Waals surface area contributed by atoms with Crippen LogP contribution in [0.4, 0.5) is 4.39 Å². The number of nitrogens with zero attached hydrogens (tertiary/aromatic N) is 1. The van der Waals surface area contributed by atoms with E-state index < -0.39 is 0 Å². The molecule has 1 N–H and O–H groups in total. The highest BCUT2D eigenvalue weighted by Crippen LogP contribution is 2.18. The first-order valence-corrected chi connectivity index (χ1v) is 6.35. The van der Waals surface area contributed by atoms with Gasteiger partial charge in [0.15, 0.2) is 0 Å². The van der Waals surface area contributed by atoms with Crippen LogP contribution in [0.1, 0.15) is 31.2 Å². The van der Waals surface area contributed by atoms with Crippen molar-refractivity contribution in [1.29, 1.82) is 0 Å². The Labute approximate surface area is 111 Å². The third kappa shape index (κ3) is 4.05. The minimum absolute atomic E-state index is 0.0357. The second-order valence-electron chi connectivity index (χ2n) is 4.67. The van der Waals surface area contributed by atoms with Crippen molar-refractivity contribution >= 4 is 11.6 Å². The van der Waals surface area contributed by atoms with Crippen LogP contribution < -0.4 is 5.32 Å². The normalized spacial score (nSPS) is 15.6. The van der Waals surface area contributed by atoms with Crippen LogP contribution in [0.2, 0.25) is 0 Å². The molecule has 5 heteroatoms. The lowest BCUT2D eigenvalue weighted by Gasteiger charge is -2.11. The van der Waals surface area contributed by atoms with Gasteiger partial charge in [0.25, 0.3) is 0 Å². The molecule has 0 saturated heterocycles. The third-order valence-corrected chi connectivity index (χ3v) is 3.10. The summed E-state index contributed by atoms with van der Waals surface area (Å²) in [6.45, 7) is 2.98. The van der Waals surface area contributed by atoms with Gasteiger partial charge in [0.1, 0.15) is 12.4 Å². The predicted octanol–water partition coefficient (Wildman–Crippen LogP) is 2.21. The summed E-state index contributed by atoms with van der Waals surface area (Å²) < 4.78 is 12.8. The van der Waals surface area contributed by atoms with Crippen LogP contribution in [0.5, 0.6) is 0 Å². The molecule has 0 bridgehead atoms. The van der Waals surface area contributed by atoms with E-state index in [0.29, 0.717) is 19.6 Å². The van der Waals surface area contributed by atoms with Gasteiger partial charge >= 0.3 is 0 Å². The quantitative estimate of drug-likeness (QED) is 0.886. The Bertz CT molecular complexity index is 471. The Morgan fingerprint density at radius 2 is 2.21 bits per heavy atom. The van der Waals surface area contributed by atoms with Crippen LogP contribution in [0.25, 0.3) is 0 Å². The van der Waals surface area contributed by atoms with Crippen molar-refractivity contribution in [3.05, 3.63) is 35.6 Å². The number of hydrogen-bond donors (Lipinski definition) is 1. The second kappa shape index (κ2) is 6.31. The Kier molecular flexibility index (Phi) is 4.49. The Balaban J connectivity index is 1.79. The van der Waals surface area contributed by atoms with Crippen molar-refractivity contribution in [1.82, 2.24) is 5.32 Å². The molecule has 0 saturated carbocycles. The van der Waals surface area contributed by atoms with Crippen LogP contribution in [0, 0.1) is 5.82 Å². The standard InChI is InChI=1S/C14H17FN2O2/c1-10(11-2-4-12(15)5-3-11)8-14(18)16-9-13-6-7-19-17-13/h2-5,10H,6-9H2,1H3,(H,16,18). The highest BCUT2D eigenvalue weighted by Gasteiger charge is 2.13. The minimum atomic E-state index is -0.264. The molecular weight excluding hydrogens is 247 g/mol. The summed E-state index contributed by atoms with van der Waals surface area (Å²) in [7, 11) is 0. The fourth-order valence-electron chi connectivity index (χ4n) is 1.93. The number of benzene rings is 1. The molecule has 1 aliphatic rings. The van der Waals surface area contributed by atoms with Gasteiger partial charge in [-0.2, -0.15) is 0 Å². The van der Waals surface area contributed by atoms with Gasteiger partial charge in [-0.05, 0) is 23.6 Å². The lowest BCUT2D eigenvalue weighted by atomic mass is 9.97. The summed E-state index contributed by atoms with van der Waals surface area (Å²) in [5, 5.41) is 6.63. The number of carbonyl (C=O) groups is 1. The van der Waals surface area contributed by atoms with E-state index in [1.807, 2.05) is 6.92 Å². The number of carbonyl (C=O) groups excluding carboxylic acids is 1. The Morgan fingerprint density at radius 3 is 2.84 bits per heavy atom. The van der Waals surface area contributed by atoms with E-state index in [4.69, 9.17) is 4.84 Å². The maximum Gasteiger partial charge on any atom is 0.220 e. The molecular formula is C14H17FN2O2. The third-order valence-electron chi connectivity index (χ3n) is 3.10. The van der Waals surface area contributed by atoms with Gasteiger partial charge in [0.05, 0.1) is 12.3 Å². The van der Waals surface area contributed by atoms with E-state index in [-0.39, 0.29) is 17.6 Å². The average Bonchev–Trinajstić information content (AvgIpc) is 2.90. The molecule has 1 unspecified atom stereocenters. The van der Waals surface area contributed by atoms with E-state index >= 15 is 0 Å². The maximum absolute atomic E-state index is 12.8. The van der Waals surface area contributed by atoms with Gasteiger partial charge < -0.3 is 10.2 Å². The number of hydrogen-bond acceptors (Lipinski definition) is 3. The zero-order valence-corrected chi connectivity index (χ0v) is 10.9. The second-order valence-corrected chi connectivity index (χ2v) is 4.67. The smallest absolute Gasteiger partial charge is 0.220 e. The van der Waals surface area contributed by atoms with Crippen molar-refractivity contribution in [2.45, 2.75) is 25.7 Å². The van der Waals surface area contributed by atoms with Gasteiger partial charge in [0.2, 0.25) is 5.91 Å². The number of halogens is 1. The molecule has 0 spiro atoms. The lowest BCUT2D eigenvalue weighted by Crippen LogP contribution is -2.29. The topological polar surface area (TPSA) is 50.7 Å². The van der Waals surface area contributed by atoms with Crippen LogP contribution in [-0.2, 0) is 9.63 Å². The number of nitrogens with one attached hydrogen (secondary N) is 1. The maximum atomic E-state index is 12.8. The van der Waals surface area contributed by atoms with Crippen molar-refractivity contribution < 1.29 is 14.0 Å². The Hall–Kier alpha value is -1.91. The van der Waals surface area contributed by atoms with Gasteiger partial charge in [-0.15, -0.1) is 0 Å². The molecule has 1 aromatic rings. The SMILES string of the molecule is CC(CC(=O)NCC1=NOCC1)c1ccc(F)cc1. The van der Waals surface area contributed by atoms with Crippen molar-refractivity contribution in [3.63, 3.8) is 0 Å². The average molecular weight is 264 g/mol. The van der Waals surface area contributed by atoms with E-state index in [9.17, 15) is 9.18 Å². The molecule has 1 heterocycles. The highest BCUT2D eigenvalue weighted by atomic mass is 19.1. The first-order chi connectivity index (χ1) is 9.15. The van der Waals surface area contributed by atoms with Gasteiger partial charge in [0, 0.05) is 12.8 Å². The predicted molar refractivity (Wildman–Crippen MR) is 70.4 cm³/mol. The number of amides is 1. The minimum Gasteiger partial charge on any atom is -0.395 e. The van der Waals surface area contributed by atoms with Crippen LogP contribution >= 0.6 is 0 Å². The zero-order valence-electron chi connectivity index (χ0n) is 10.9. The molecule has 19 heavy (non-hydrogen) atoms. The largest absolute Gasteiger partial charge is 0.395 e. The monoisotopic (exact) mass is 264 g/mol. The molecule has 1 atom stereocenters. The summed E-state index contributed by atoms with van der Waals surface area (Å²) in [4.78, 5) is 16.6. The molecule has 0 aliphatic carbocycles. The molecule has 1 amide bonds. The van der Waals surface area contributed by atoms with Crippen LogP contribution in [0.3, 0.4) is 0 Å². The summed E-state index contributed by atoms with van der Waals surface area (Å²) in [5.41, 5.74) is 1.82. The molecule has 4 nitrogen and oxygen atoms in total. The zero-order chi connectivity index (χ0) is 13.7. The van der Waals surface area contributed by atoms with Crippen molar-refractivity contribution in [3.8, 4) is 0 Å². The van der Waals surface area contributed by atoms with E-state index in [0.717, 1.165) is 17.7 Å². The summed E-state index contributed by atoms with van der Waals surface area (Å²) in [6, 6.07) is 6.24. The Morgan fingerprint density at radius 1 is 1.47 bits per heavy atom. The highest BCUT2D eigenvalue weighted by molar-refractivity contribution is 5.90. The molecule has 0 aromatic heterocycles. The van der Waals surface area contributed by atoms with E-state index in [1.165, 1.54) is 12.1 Å². The summed E-state index contributed by atoms with van der Waals surface area (Å²) >= 11 is 0. The van der Waals surface area contributed by atoms with Crippen LogP contribution in [0.15, 0.2) is 29.4 Å². The van der Waals surface area contributed by atoms with Crippen molar-refractivity contribution in [2.24, 2.45) is 5.16 Å². The fraction of sp³-hybridized carbons (Fsp3) is 0.429. The summed E-state index contributed by atoms with van der Waals surface area (Å²) in [5.74, 6) is -0.242. The van der Waals surface area contributed by atoms with E-state index in [2.05, 4.69) is 10.5 Å². The van der Waals surface area contributed by atoms with Gasteiger partial charge in [-0.25, -0.2) is 4.39 Å². The van der Waals surface area contributed by atoms with Crippen molar-refractivity contribution in [2.75, 3.05) is 13.2 Å². The fourth-order valence-corrected chi connectivity index (χ4v) is 1.93. The molecule has 1 aliphatic heterocycles. The number of rotatable bonds is 5. The number of oxime groups is 1. The first kappa shape index (κ1) is 13.5. The summed E-state index contributed by atoms with van der Waals surface area (Å²) in [6.07, 6.45) is 1.15. The van der Waals surface area contributed by atoms with Gasteiger partial charge in [-0.1, -0.05) is 24.2 Å². The molecule has 0 radical (unpaired) electrons. The molecule has 0 fully saturated rings. The van der Waals surface area contributed by atoms with E-state index in [1.54, 1.807) is 12.1 Å². The first-order valence-electron chi connectivity index (χ1n) is 6.35. The van der Waals surface area contributed by atoms with Crippen LogP contribution in [-0.4, -0.2) is 24.8 Å². The molecule has 2 rings (SSSR count). The van der Waals surface area contributed by atoms with Gasteiger partial charge in [-0.3, -0.25) is 4.79 Å². The lowest BCUT2D eigenvalue weighted by molar-refractivity contribution is -0.121. The molecule has 102 valence electrons. The molecule has 1 aromatic carbocycles.